The van der Waals surface area contributed by atoms with E-state index in [0.29, 0.717) is 27.8 Å². The summed E-state index contributed by atoms with van der Waals surface area (Å²) in [6, 6.07) is 8.51. The van der Waals surface area contributed by atoms with Gasteiger partial charge < -0.3 is 11.1 Å². The van der Waals surface area contributed by atoms with Crippen LogP contribution < -0.4 is 11.1 Å². The SMILES string of the molecule is Cc1cc(C(=O)Nc2ccc(Cl)cc2I)cc(N)n1. The second-order valence-electron chi connectivity index (χ2n) is 4.00. The van der Waals surface area contributed by atoms with Gasteiger partial charge in [-0.3, -0.25) is 4.79 Å². The third-order valence-corrected chi connectivity index (χ3v) is 3.54. The molecule has 2 aromatic rings. The van der Waals surface area contributed by atoms with Crippen molar-refractivity contribution < 1.29 is 4.79 Å². The lowest BCUT2D eigenvalue weighted by molar-refractivity contribution is 0.102. The van der Waals surface area contributed by atoms with Crippen molar-refractivity contribution in [3.63, 3.8) is 0 Å². The second-order valence-corrected chi connectivity index (χ2v) is 5.60. The van der Waals surface area contributed by atoms with Crippen molar-refractivity contribution in [2.45, 2.75) is 6.92 Å². The van der Waals surface area contributed by atoms with Gasteiger partial charge in [-0.2, -0.15) is 0 Å². The molecule has 19 heavy (non-hydrogen) atoms. The van der Waals surface area contributed by atoms with Crippen molar-refractivity contribution in [1.82, 2.24) is 4.98 Å². The topological polar surface area (TPSA) is 68.0 Å². The third kappa shape index (κ3) is 3.57. The molecule has 3 N–H and O–H groups in total. The number of nitrogens with one attached hydrogen (secondary N) is 1. The Labute approximate surface area is 129 Å². The maximum Gasteiger partial charge on any atom is 0.255 e. The monoisotopic (exact) mass is 387 g/mol. The van der Waals surface area contributed by atoms with Crippen LogP contribution in [0.15, 0.2) is 30.3 Å². The number of rotatable bonds is 2. The van der Waals surface area contributed by atoms with E-state index in [2.05, 4.69) is 32.9 Å². The summed E-state index contributed by atoms with van der Waals surface area (Å²) in [5.41, 5.74) is 7.53. The minimum Gasteiger partial charge on any atom is -0.384 e. The largest absolute Gasteiger partial charge is 0.384 e. The zero-order valence-electron chi connectivity index (χ0n) is 10.1. The number of aryl methyl sites for hydroxylation is 1. The minimum absolute atomic E-state index is 0.225. The van der Waals surface area contributed by atoms with Crippen LogP contribution >= 0.6 is 34.2 Å². The van der Waals surface area contributed by atoms with E-state index in [0.717, 1.165) is 3.57 Å². The van der Waals surface area contributed by atoms with Crippen molar-refractivity contribution in [2.24, 2.45) is 0 Å². The number of carbonyl (C=O) groups excluding carboxylic acids is 1. The molecule has 0 saturated heterocycles. The van der Waals surface area contributed by atoms with E-state index in [-0.39, 0.29) is 5.91 Å². The molecule has 0 aliphatic rings. The van der Waals surface area contributed by atoms with E-state index >= 15 is 0 Å². The highest BCUT2D eigenvalue weighted by Crippen LogP contribution is 2.23. The molecule has 1 aromatic carbocycles. The summed E-state index contributed by atoms with van der Waals surface area (Å²) in [6.45, 7) is 1.79. The summed E-state index contributed by atoms with van der Waals surface area (Å²) in [7, 11) is 0. The molecule has 0 fully saturated rings. The fourth-order valence-electron chi connectivity index (χ4n) is 1.61. The number of anilines is 2. The highest BCUT2D eigenvalue weighted by atomic mass is 127. The zero-order valence-corrected chi connectivity index (χ0v) is 13.0. The van der Waals surface area contributed by atoms with E-state index in [1.165, 1.54) is 0 Å². The Balaban J connectivity index is 2.25. The number of benzene rings is 1. The molecule has 0 bridgehead atoms. The van der Waals surface area contributed by atoms with Crippen LogP contribution in [0.2, 0.25) is 5.02 Å². The molecule has 6 heteroatoms. The van der Waals surface area contributed by atoms with Crippen LogP contribution in [-0.2, 0) is 0 Å². The average Bonchev–Trinajstić information content (AvgIpc) is 2.31. The van der Waals surface area contributed by atoms with Crippen LogP contribution in [-0.4, -0.2) is 10.9 Å². The summed E-state index contributed by atoms with van der Waals surface area (Å²) < 4.78 is 0.872. The molecule has 0 saturated carbocycles. The number of pyridine rings is 1. The molecule has 1 heterocycles. The van der Waals surface area contributed by atoms with Crippen LogP contribution in [0.1, 0.15) is 16.1 Å². The number of halogens is 2. The maximum absolute atomic E-state index is 12.1. The number of nitrogen functional groups attached to an aromatic ring is 1. The number of hydrogen-bond donors (Lipinski definition) is 2. The predicted molar refractivity (Wildman–Crippen MR) is 85.5 cm³/mol. The minimum atomic E-state index is -0.225. The third-order valence-electron chi connectivity index (χ3n) is 2.41. The smallest absolute Gasteiger partial charge is 0.255 e. The first kappa shape index (κ1) is 14.1. The number of nitrogens with zero attached hydrogens (tertiary/aromatic N) is 1. The standard InChI is InChI=1S/C13H11ClIN3O/c1-7-4-8(5-12(16)17-7)13(19)18-11-3-2-9(14)6-10(11)15/h2-6H,1H3,(H2,16,17)(H,18,19). The molecular formula is C13H11ClIN3O. The molecule has 0 unspecified atom stereocenters. The van der Waals surface area contributed by atoms with Crippen LogP contribution in [0.3, 0.4) is 0 Å². The van der Waals surface area contributed by atoms with Gasteiger partial charge in [-0.05, 0) is 59.8 Å². The summed E-state index contributed by atoms with van der Waals surface area (Å²) >= 11 is 7.99. The van der Waals surface area contributed by atoms with Gasteiger partial charge >= 0.3 is 0 Å². The second kappa shape index (κ2) is 5.75. The number of amides is 1. The van der Waals surface area contributed by atoms with E-state index in [1.807, 2.05) is 0 Å². The van der Waals surface area contributed by atoms with Gasteiger partial charge in [0.25, 0.3) is 5.91 Å². The lowest BCUT2D eigenvalue weighted by Gasteiger charge is -2.08. The highest BCUT2D eigenvalue weighted by molar-refractivity contribution is 14.1. The molecule has 98 valence electrons. The van der Waals surface area contributed by atoms with Gasteiger partial charge in [-0.1, -0.05) is 11.6 Å². The molecule has 0 radical (unpaired) electrons. The molecule has 2 rings (SSSR count). The van der Waals surface area contributed by atoms with E-state index in [9.17, 15) is 4.79 Å². The Kier molecular flexibility index (Phi) is 4.26. The normalized spacial score (nSPS) is 10.3. The zero-order chi connectivity index (χ0) is 14.0. The van der Waals surface area contributed by atoms with Crippen molar-refractivity contribution in [2.75, 3.05) is 11.1 Å². The maximum atomic E-state index is 12.1. The molecule has 0 spiro atoms. The highest BCUT2D eigenvalue weighted by Gasteiger charge is 2.10. The van der Waals surface area contributed by atoms with Crippen molar-refractivity contribution in [3.05, 3.63) is 50.2 Å². The predicted octanol–water partition coefficient (Wildman–Crippen LogP) is 3.48. The van der Waals surface area contributed by atoms with E-state index in [1.54, 1.807) is 37.3 Å². The Hall–Kier alpha value is -1.34. The molecule has 0 aliphatic heterocycles. The van der Waals surface area contributed by atoms with E-state index < -0.39 is 0 Å². The fraction of sp³-hybridized carbons (Fsp3) is 0.0769. The Morgan fingerprint density at radius 2 is 2.11 bits per heavy atom. The van der Waals surface area contributed by atoms with Gasteiger partial charge in [0, 0.05) is 19.9 Å². The van der Waals surface area contributed by atoms with Gasteiger partial charge in [-0.25, -0.2) is 4.98 Å². The summed E-state index contributed by atoms with van der Waals surface area (Å²) in [4.78, 5) is 16.2. The summed E-state index contributed by atoms with van der Waals surface area (Å²) in [5, 5.41) is 3.45. The molecule has 1 amide bonds. The van der Waals surface area contributed by atoms with Gasteiger partial charge in [0.2, 0.25) is 0 Å². The van der Waals surface area contributed by atoms with Gasteiger partial charge in [-0.15, -0.1) is 0 Å². The van der Waals surface area contributed by atoms with Crippen molar-refractivity contribution >= 4 is 51.6 Å². The summed E-state index contributed by atoms with van der Waals surface area (Å²) in [5.74, 6) is 0.105. The van der Waals surface area contributed by atoms with Crippen LogP contribution in [0.25, 0.3) is 0 Å². The number of nitrogens with two attached hydrogens (primary N) is 1. The average molecular weight is 388 g/mol. The molecule has 0 aliphatic carbocycles. The first-order valence-electron chi connectivity index (χ1n) is 5.46. The fourth-order valence-corrected chi connectivity index (χ4v) is 2.62. The lowest BCUT2D eigenvalue weighted by atomic mass is 10.2. The van der Waals surface area contributed by atoms with Crippen LogP contribution in [0.5, 0.6) is 0 Å². The molecule has 0 atom stereocenters. The molecule has 1 aromatic heterocycles. The Morgan fingerprint density at radius 1 is 1.37 bits per heavy atom. The number of aromatic nitrogens is 1. The summed E-state index contributed by atoms with van der Waals surface area (Å²) in [6.07, 6.45) is 0. The van der Waals surface area contributed by atoms with Gasteiger partial charge in [0.05, 0.1) is 5.69 Å². The molecular weight excluding hydrogens is 377 g/mol. The van der Waals surface area contributed by atoms with Crippen molar-refractivity contribution in [1.29, 1.82) is 0 Å². The van der Waals surface area contributed by atoms with Crippen LogP contribution in [0, 0.1) is 10.5 Å². The Morgan fingerprint density at radius 3 is 2.74 bits per heavy atom. The Bertz CT molecular complexity index is 626. The first-order chi connectivity index (χ1) is 8.95. The van der Waals surface area contributed by atoms with Crippen LogP contribution in [0.4, 0.5) is 11.5 Å². The van der Waals surface area contributed by atoms with Crippen molar-refractivity contribution in [3.8, 4) is 0 Å². The lowest BCUT2D eigenvalue weighted by Crippen LogP contribution is -2.13. The van der Waals surface area contributed by atoms with Gasteiger partial charge in [0.15, 0.2) is 0 Å². The van der Waals surface area contributed by atoms with E-state index in [4.69, 9.17) is 17.3 Å². The number of hydrogen-bond acceptors (Lipinski definition) is 3. The van der Waals surface area contributed by atoms with Gasteiger partial charge in [0.1, 0.15) is 5.82 Å². The quantitative estimate of drug-likeness (QED) is 0.775. The number of carbonyl (C=O) groups is 1. The molecule has 4 nitrogen and oxygen atoms in total. The first-order valence-corrected chi connectivity index (χ1v) is 6.92.